The Hall–Kier alpha value is -2.82. The lowest BCUT2D eigenvalue weighted by molar-refractivity contribution is 0.0696. The van der Waals surface area contributed by atoms with E-state index in [9.17, 15) is 9.59 Å². The first-order valence-electron chi connectivity index (χ1n) is 5.69. The Morgan fingerprint density at radius 3 is 2.63 bits per heavy atom. The third-order valence-corrected chi connectivity index (χ3v) is 3.04. The second kappa shape index (κ2) is 4.13. The maximum atomic E-state index is 11.6. The summed E-state index contributed by atoms with van der Waals surface area (Å²) in [6.45, 7) is 0. The molecule has 2 aromatic heterocycles. The fourth-order valence-corrected chi connectivity index (χ4v) is 2.15. The van der Waals surface area contributed by atoms with Crippen molar-refractivity contribution < 1.29 is 9.90 Å². The topological polar surface area (TPSA) is 85.9 Å². The van der Waals surface area contributed by atoms with Gasteiger partial charge in [0.1, 0.15) is 5.56 Å². The van der Waals surface area contributed by atoms with E-state index in [4.69, 9.17) is 5.11 Å². The molecule has 5 heteroatoms. The largest absolute Gasteiger partial charge is 0.477 e. The summed E-state index contributed by atoms with van der Waals surface area (Å²) in [4.78, 5) is 28.3. The maximum absolute atomic E-state index is 11.6. The van der Waals surface area contributed by atoms with Gasteiger partial charge in [0.25, 0.3) is 5.56 Å². The van der Waals surface area contributed by atoms with Gasteiger partial charge in [-0.1, -0.05) is 6.07 Å². The Morgan fingerprint density at radius 2 is 1.84 bits per heavy atom. The van der Waals surface area contributed by atoms with Crippen LogP contribution in [0.2, 0.25) is 0 Å². The van der Waals surface area contributed by atoms with Crippen molar-refractivity contribution in [1.82, 2.24) is 9.97 Å². The first-order chi connectivity index (χ1) is 9.16. The van der Waals surface area contributed by atoms with Gasteiger partial charge >= 0.3 is 5.97 Å². The average molecular weight is 254 g/mol. The summed E-state index contributed by atoms with van der Waals surface area (Å²) in [7, 11) is 0. The van der Waals surface area contributed by atoms with Crippen molar-refractivity contribution in [2.75, 3.05) is 0 Å². The van der Waals surface area contributed by atoms with Gasteiger partial charge in [-0.15, -0.1) is 0 Å². The minimum Gasteiger partial charge on any atom is -0.477 e. The summed E-state index contributed by atoms with van der Waals surface area (Å²) >= 11 is 0. The lowest BCUT2D eigenvalue weighted by Gasteiger charge is -2.05. The number of carbonyl (C=O) groups is 1. The normalized spacial score (nSPS) is 10.7. The summed E-state index contributed by atoms with van der Waals surface area (Å²) < 4.78 is 0. The first kappa shape index (κ1) is 11.3. The van der Waals surface area contributed by atoms with Gasteiger partial charge in [0.05, 0.1) is 0 Å². The zero-order valence-corrected chi connectivity index (χ0v) is 9.81. The number of pyridine rings is 1. The number of carboxylic acids is 1. The number of H-pyrrole nitrogens is 2. The Bertz CT molecular complexity index is 830. The number of hydrogen-bond donors (Lipinski definition) is 3. The molecule has 2 heterocycles. The summed E-state index contributed by atoms with van der Waals surface area (Å²) in [6.07, 6.45) is 3.26. The molecule has 19 heavy (non-hydrogen) atoms. The Kier molecular flexibility index (Phi) is 2.45. The van der Waals surface area contributed by atoms with Crippen LogP contribution in [0.4, 0.5) is 0 Å². The quantitative estimate of drug-likeness (QED) is 0.655. The number of benzene rings is 1. The van der Waals surface area contributed by atoms with E-state index in [2.05, 4.69) is 9.97 Å². The van der Waals surface area contributed by atoms with E-state index in [1.165, 1.54) is 6.20 Å². The molecule has 0 fully saturated rings. The van der Waals surface area contributed by atoms with Crippen molar-refractivity contribution in [1.29, 1.82) is 0 Å². The standard InChI is InChI=1S/C14H10N2O3/c17-13-12(14(18)19)10(4-6-16-13)8-1-2-11-9(7-8)3-5-15-11/h1-7,15H,(H,16,17)(H,18,19). The van der Waals surface area contributed by atoms with E-state index in [0.29, 0.717) is 11.1 Å². The van der Waals surface area contributed by atoms with Crippen molar-refractivity contribution in [3.05, 3.63) is 58.6 Å². The fourth-order valence-electron chi connectivity index (χ4n) is 2.15. The first-order valence-corrected chi connectivity index (χ1v) is 5.69. The zero-order chi connectivity index (χ0) is 13.4. The number of rotatable bonds is 2. The highest BCUT2D eigenvalue weighted by Crippen LogP contribution is 2.25. The van der Waals surface area contributed by atoms with E-state index in [-0.39, 0.29) is 5.56 Å². The predicted octanol–water partition coefficient (Wildman–Crippen LogP) is 2.22. The molecule has 1 aromatic carbocycles. The summed E-state index contributed by atoms with van der Waals surface area (Å²) in [6, 6.07) is 9.00. The van der Waals surface area contributed by atoms with Crippen molar-refractivity contribution in [3.63, 3.8) is 0 Å². The van der Waals surface area contributed by atoms with Crippen LogP contribution in [0.3, 0.4) is 0 Å². The molecule has 94 valence electrons. The monoisotopic (exact) mass is 254 g/mol. The molecule has 3 aromatic rings. The van der Waals surface area contributed by atoms with Crippen LogP contribution in [0.5, 0.6) is 0 Å². The average Bonchev–Trinajstić information content (AvgIpc) is 2.85. The second-order valence-electron chi connectivity index (χ2n) is 4.18. The van der Waals surface area contributed by atoms with Crippen molar-refractivity contribution >= 4 is 16.9 Å². The van der Waals surface area contributed by atoms with Gasteiger partial charge in [0.15, 0.2) is 0 Å². The number of aromatic amines is 2. The molecule has 0 aliphatic carbocycles. The van der Waals surface area contributed by atoms with Crippen LogP contribution >= 0.6 is 0 Å². The number of hydrogen-bond acceptors (Lipinski definition) is 2. The number of carboxylic acid groups (broad SMARTS) is 1. The van der Waals surface area contributed by atoms with Gasteiger partial charge in [0.2, 0.25) is 0 Å². The Morgan fingerprint density at radius 1 is 1.05 bits per heavy atom. The van der Waals surface area contributed by atoms with E-state index in [0.717, 1.165) is 10.9 Å². The van der Waals surface area contributed by atoms with Crippen molar-refractivity contribution in [2.24, 2.45) is 0 Å². The molecule has 0 unspecified atom stereocenters. The molecule has 3 N–H and O–H groups in total. The van der Waals surface area contributed by atoms with Crippen LogP contribution in [0.15, 0.2) is 47.5 Å². The molecule has 0 atom stereocenters. The van der Waals surface area contributed by atoms with Gasteiger partial charge in [-0.05, 0) is 35.2 Å². The smallest absolute Gasteiger partial charge is 0.341 e. The third-order valence-electron chi connectivity index (χ3n) is 3.04. The third kappa shape index (κ3) is 1.81. The minimum absolute atomic E-state index is 0.239. The predicted molar refractivity (Wildman–Crippen MR) is 71.3 cm³/mol. The van der Waals surface area contributed by atoms with E-state index < -0.39 is 11.5 Å². The number of fused-ring (bicyclic) bond motifs is 1. The van der Waals surface area contributed by atoms with Gasteiger partial charge in [-0.25, -0.2) is 4.79 Å². The SMILES string of the molecule is O=C(O)c1c(-c2ccc3[nH]ccc3c2)cc[nH]c1=O. The summed E-state index contributed by atoms with van der Waals surface area (Å²) in [5, 5.41) is 10.1. The summed E-state index contributed by atoms with van der Waals surface area (Å²) in [5.41, 5.74) is 1.25. The van der Waals surface area contributed by atoms with Crippen LogP contribution in [0.25, 0.3) is 22.0 Å². The molecule has 0 amide bonds. The molecule has 3 rings (SSSR count). The number of nitrogens with one attached hydrogen (secondary N) is 2. The van der Waals surface area contributed by atoms with E-state index in [1.54, 1.807) is 12.1 Å². The van der Waals surface area contributed by atoms with Gasteiger partial charge < -0.3 is 15.1 Å². The van der Waals surface area contributed by atoms with Gasteiger partial charge in [-0.3, -0.25) is 4.79 Å². The lowest BCUT2D eigenvalue weighted by atomic mass is 10.0. The van der Waals surface area contributed by atoms with E-state index in [1.807, 2.05) is 24.4 Å². The highest BCUT2D eigenvalue weighted by molar-refractivity contribution is 5.97. The minimum atomic E-state index is -1.23. The fraction of sp³-hybridized carbons (Fsp3) is 0. The molecule has 0 spiro atoms. The van der Waals surface area contributed by atoms with Crippen molar-refractivity contribution in [2.45, 2.75) is 0 Å². The summed E-state index contributed by atoms with van der Waals surface area (Å²) in [5.74, 6) is -1.23. The molecule has 5 nitrogen and oxygen atoms in total. The molecule has 0 saturated heterocycles. The molecule has 0 aliphatic heterocycles. The van der Waals surface area contributed by atoms with Crippen LogP contribution < -0.4 is 5.56 Å². The van der Waals surface area contributed by atoms with E-state index >= 15 is 0 Å². The molecule has 0 bridgehead atoms. The van der Waals surface area contributed by atoms with Crippen LogP contribution in [0.1, 0.15) is 10.4 Å². The van der Waals surface area contributed by atoms with Crippen LogP contribution in [0, 0.1) is 0 Å². The highest BCUT2D eigenvalue weighted by Gasteiger charge is 2.16. The highest BCUT2D eigenvalue weighted by atomic mass is 16.4. The molecule has 0 radical (unpaired) electrons. The van der Waals surface area contributed by atoms with Crippen molar-refractivity contribution in [3.8, 4) is 11.1 Å². The van der Waals surface area contributed by atoms with Crippen LogP contribution in [-0.4, -0.2) is 21.0 Å². The number of aromatic carboxylic acids is 1. The molecular weight excluding hydrogens is 244 g/mol. The second-order valence-corrected chi connectivity index (χ2v) is 4.18. The molecular formula is C14H10N2O3. The van der Waals surface area contributed by atoms with Gasteiger partial charge in [0, 0.05) is 23.5 Å². The maximum Gasteiger partial charge on any atom is 0.341 e. The Balaban J connectivity index is 2.29. The zero-order valence-electron chi connectivity index (χ0n) is 9.81. The van der Waals surface area contributed by atoms with Gasteiger partial charge in [-0.2, -0.15) is 0 Å². The molecule has 0 aliphatic rings. The number of aromatic nitrogens is 2. The lowest BCUT2D eigenvalue weighted by Crippen LogP contribution is -2.18. The molecule has 0 saturated carbocycles. The Labute approximate surface area is 107 Å². The van der Waals surface area contributed by atoms with Crippen LogP contribution in [-0.2, 0) is 0 Å².